The van der Waals surface area contributed by atoms with Crippen LogP contribution in [0.5, 0.6) is 0 Å². The summed E-state index contributed by atoms with van der Waals surface area (Å²) in [6.07, 6.45) is 5.38. The van der Waals surface area contributed by atoms with Crippen LogP contribution in [0, 0.1) is 5.41 Å². The van der Waals surface area contributed by atoms with Gasteiger partial charge in [0, 0.05) is 18.7 Å². The van der Waals surface area contributed by atoms with Crippen molar-refractivity contribution in [3.63, 3.8) is 0 Å². The first kappa shape index (κ1) is 23.9. The first-order chi connectivity index (χ1) is 13.2. The third-order valence-electron chi connectivity index (χ3n) is 4.40. The number of rotatable bonds is 7. The normalized spacial score (nSPS) is 16.2. The van der Waals surface area contributed by atoms with E-state index in [9.17, 15) is 9.59 Å². The molecule has 2 N–H and O–H groups in total. The van der Waals surface area contributed by atoms with Crippen molar-refractivity contribution in [3.8, 4) is 0 Å². The van der Waals surface area contributed by atoms with Crippen LogP contribution in [0.15, 0.2) is 42.5 Å². The number of likely N-dealkylation sites (tertiary alicyclic amines) is 1. The van der Waals surface area contributed by atoms with Crippen LogP contribution in [0.25, 0.3) is 0 Å². The Morgan fingerprint density at radius 1 is 1.04 bits per heavy atom. The fourth-order valence-electron chi connectivity index (χ4n) is 3.10. The minimum Gasteiger partial charge on any atom is -0.478 e. The highest BCUT2D eigenvalue weighted by atomic mass is 16.5. The highest BCUT2D eigenvalue weighted by Gasteiger charge is 2.27. The molecule has 28 heavy (non-hydrogen) atoms. The molecule has 1 unspecified atom stereocenters. The van der Waals surface area contributed by atoms with Gasteiger partial charge in [-0.05, 0) is 36.9 Å². The van der Waals surface area contributed by atoms with Gasteiger partial charge in [-0.3, -0.25) is 0 Å². The topological polar surface area (TPSA) is 87.1 Å². The summed E-state index contributed by atoms with van der Waals surface area (Å²) >= 11 is 0. The van der Waals surface area contributed by atoms with Gasteiger partial charge >= 0.3 is 11.9 Å². The number of piperidine rings is 1. The molecule has 2 rings (SSSR count). The van der Waals surface area contributed by atoms with E-state index in [1.807, 2.05) is 0 Å². The second-order valence-corrected chi connectivity index (χ2v) is 7.94. The van der Waals surface area contributed by atoms with Gasteiger partial charge in [0.25, 0.3) is 0 Å². The maximum absolute atomic E-state index is 9.55. The van der Waals surface area contributed by atoms with Gasteiger partial charge in [-0.1, -0.05) is 57.5 Å². The Morgan fingerprint density at radius 2 is 1.57 bits per heavy atom. The van der Waals surface area contributed by atoms with E-state index in [2.05, 4.69) is 56.0 Å². The average Bonchev–Trinajstić information content (AvgIpc) is 2.65. The first-order valence-corrected chi connectivity index (χ1v) is 9.73. The Hall–Kier alpha value is -2.18. The third kappa shape index (κ3) is 10.2. The van der Waals surface area contributed by atoms with E-state index < -0.39 is 11.9 Å². The molecule has 1 aliphatic rings. The summed E-state index contributed by atoms with van der Waals surface area (Å²) in [7, 11) is 0. The van der Waals surface area contributed by atoms with Crippen LogP contribution in [0.3, 0.4) is 0 Å². The molecule has 0 spiro atoms. The van der Waals surface area contributed by atoms with Gasteiger partial charge in [-0.2, -0.15) is 0 Å². The van der Waals surface area contributed by atoms with E-state index in [-0.39, 0.29) is 11.5 Å². The molecule has 6 nitrogen and oxygen atoms in total. The molecule has 0 bridgehead atoms. The van der Waals surface area contributed by atoms with Crippen LogP contribution in [0.1, 0.15) is 51.7 Å². The highest BCUT2D eigenvalue weighted by molar-refractivity contribution is 5.89. The van der Waals surface area contributed by atoms with E-state index in [1.165, 1.54) is 37.9 Å². The monoisotopic (exact) mass is 391 g/mol. The van der Waals surface area contributed by atoms with Crippen molar-refractivity contribution in [3.05, 3.63) is 48.0 Å². The SMILES string of the molecule is CC(C)(C)C(OCCN1CCCCC1)c1ccccc1.O=C(O)/C=C/C(=O)O. The Morgan fingerprint density at radius 3 is 2.04 bits per heavy atom. The Bertz CT molecular complexity index is 600. The number of nitrogens with zero attached hydrogens (tertiary/aromatic N) is 1. The molecule has 0 amide bonds. The zero-order valence-electron chi connectivity index (χ0n) is 17.1. The van der Waals surface area contributed by atoms with Crippen molar-refractivity contribution < 1.29 is 24.5 Å². The maximum atomic E-state index is 9.55. The molecule has 1 aromatic rings. The number of carboxylic acid groups (broad SMARTS) is 2. The number of carboxylic acids is 2. The van der Waals surface area contributed by atoms with Crippen molar-refractivity contribution in [2.45, 2.75) is 46.1 Å². The molecule has 1 saturated heterocycles. The van der Waals surface area contributed by atoms with Crippen molar-refractivity contribution in [1.29, 1.82) is 0 Å². The zero-order valence-corrected chi connectivity index (χ0v) is 17.1. The van der Waals surface area contributed by atoms with Crippen LogP contribution in [0.4, 0.5) is 0 Å². The minimum absolute atomic E-state index is 0.128. The molecule has 0 aromatic heterocycles. The number of carbonyl (C=O) groups is 2. The van der Waals surface area contributed by atoms with Crippen LogP contribution in [0.2, 0.25) is 0 Å². The Labute approximate surface area is 167 Å². The largest absolute Gasteiger partial charge is 0.478 e. The Kier molecular flexibility index (Phi) is 10.5. The molecule has 1 atom stereocenters. The smallest absolute Gasteiger partial charge is 0.328 e. The second-order valence-electron chi connectivity index (χ2n) is 7.94. The van der Waals surface area contributed by atoms with Crippen LogP contribution >= 0.6 is 0 Å². The summed E-state index contributed by atoms with van der Waals surface area (Å²) in [6.45, 7) is 11.2. The zero-order chi connectivity index (χ0) is 21.0. The van der Waals surface area contributed by atoms with Crippen molar-refractivity contribution in [1.82, 2.24) is 4.90 Å². The van der Waals surface area contributed by atoms with Crippen molar-refractivity contribution >= 4 is 11.9 Å². The van der Waals surface area contributed by atoms with Gasteiger partial charge in [-0.15, -0.1) is 0 Å². The average molecular weight is 392 g/mol. The summed E-state index contributed by atoms with van der Waals surface area (Å²) < 4.78 is 6.25. The summed E-state index contributed by atoms with van der Waals surface area (Å²) in [5.74, 6) is -2.51. The number of aliphatic carboxylic acids is 2. The highest BCUT2D eigenvalue weighted by Crippen LogP contribution is 2.35. The predicted molar refractivity (Wildman–Crippen MR) is 109 cm³/mol. The number of hydrogen-bond acceptors (Lipinski definition) is 4. The van der Waals surface area contributed by atoms with E-state index in [4.69, 9.17) is 14.9 Å². The van der Waals surface area contributed by atoms with Gasteiger partial charge in [-0.25, -0.2) is 9.59 Å². The van der Waals surface area contributed by atoms with E-state index in [0.717, 1.165) is 13.2 Å². The lowest BCUT2D eigenvalue weighted by atomic mass is 9.84. The van der Waals surface area contributed by atoms with Gasteiger partial charge in [0.05, 0.1) is 12.7 Å². The lowest BCUT2D eigenvalue weighted by molar-refractivity contribution is -0.134. The molecule has 6 heteroatoms. The lowest BCUT2D eigenvalue weighted by Gasteiger charge is -2.33. The third-order valence-corrected chi connectivity index (χ3v) is 4.40. The lowest BCUT2D eigenvalue weighted by Crippen LogP contribution is -2.34. The second kappa shape index (κ2) is 12.3. The molecular weight excluding hydrogens is 358 g/mol. The number of ether oxygens (including phenoxy) is 1. The number of hydrogen-bond donors (Lipinski definition) is 2. The quantitative estimate of drug-likeness (QED) is 0.684. The van der Waals surface area contributed by atoms with E-state index >= 15 is 0 Å². The van der Waals surface area contributed by atoms with Crippen LogP contribution in [-0.2, 0) is 14.3 Å². The molecule has 1 aromatic carbocycles. The molecule has 156 valence electrons. The van der Waals surface area contributed by atoms with Gasteiger partial charge in [0.1, 0.15) is 0 Å². The molecule has 0 saturated carbocycles. The van der Waals surface area contributed by atoms with Crippen LogP contribution in [-0.4, -0.2) is 53.3 Å². The van der Waals surface area contributed by atoms with Gasteiger partial charge in [0.2, 0.25) is 0 Å². The summed E-state index contributed by atoms with van der Waals surface area (Å²) in [5, 5.41) is 15.6. The fraction of sp³-hybridized carbons (Fsp3) is 0.545. The Balaban J connectivity index is 0.000000416. The molecular formula is C22H33NO5. The summed E-state index contributed by atoms with van der Waals surface area (Å²) in [6, 6.07) is 10.6. The van der Waals surface area contributed by atoms with Gasteiger partial charge in [0.15, 0.2) is 0 Å². The van der Waals surface area contributed by atoms with Crippen molar-refractivity contribution in [2.24, 2.45) is 5.41 Å². The molecule has 1 fully saturated rings. The van der Waals surface area contributed by atoms with E-state index in [0.29, 0.717) is 12.2 Å². The summed E-state index contributed by atoms with van der Waals surface area (Å²) in [5.41, 5.74) is 1.42. The molecule has 0 radical (unpaired) electrons. The predicted octanol–water partition coefficient (Wildman–Crippen LogP) is 3.99. The standard InChI is InChI=1S/C18H29NO.C4H4O4/c1-18(2,3)17(16-10-6-4-7-11-16)20-15-14-19-12-8-5-9-13-19;5-3(6)1-2-4(7)8/h4,6-7,10-11,17H,5,8-9,12-15H2,1-3H3;1-2H,(H,5,6)(H,7,8)/b;2-1+. The fourth-order valence-corrected chi connectivity index (χ4v) is 3.10. The van der Waals surface area contributed by atoms with Gasteiger partial charge < -0.3 is 19.8 Å². The molecule has 0 aliphatic carbocycles. The maximum Gasteiger partial charge on any atom is 0.328 e. The van der Waals surface area contributed by atoms with Crippen LogP contribution < -0.4 is 0 Å². The van der Waals surface area contributed by atoms with Crippen molar-refractivity contribution in [2.75, 3.05) is 26.2 Å². The van der Waals surface area contributed by atoms with E-state index in [1.54, 1.807) is 0 Å². The molecule has 1 heterocycles. The summed E-state index contributed by atoms with van der Waals surface area (Å²) in [4.78, 5) is 21.6. The first-order valence-electron chi connectivity index (χ1n) is 9.73. The number of benzene rings is 1. The molecule has 1 aliphatic heterocycles. The minimum atomic E-state index is -1.26.